The van der Waals surface area contributed by atoms with Crippen LogP contribution in [0.1, 0.15) is 23.6 Å². The standard InChI is InChI=1S/C18H21N3O2S/c1-4-23-15-9-8-14(16(22)10-15)11-19-21-18(24)20-17-12(2)6-5-7-13(17)3/h5-11,22H,4H2,1-3H3,(H2,20,21,24). The molecular formula is C18H21N3O2S. The fourth-order valence-corrected chi connectivity index (χ4v) is 2.36. The Kier molecular flexibility index (Phi) is 6.14. The van der Waals surface area contributed by atoms with E-state index in [0.717, 1.165) is 16.8 Å². The van der Waals surface area contributed by atoms with Gasteiger partial charge in [0.2, 0.25) is 0 Å². The van der Waals surface area contributed by atoms with Gasteiger partial charge in [-0.15, -0.1) is 0 Å². The molecule has 0 saturated carbocycles. The number of hydrogen-bond donors (Lipinski definition) is 3. The van der Waals surface area contributed by atoms with Gasteiger partial charge in [-0.3, -0.25) is 5.43 Å². The maximum atomic E-state index is 9.94. The first kappa shape index (κ1) is 17.7. The zero-order valence-corrected chi connectivity index (χ0v) is 14.8. The minimum atomic E-state index is 0.0973. The van der Waals surface area contributed by atoms with Gasteiger partial charge in [0.15, 0.2) is 5.11 Å². The number of hydrazone groups is 1. The quantitative estimate of drug-likeness (QED) is 0.439. The molecule has 24 heavy (non-hydrogen) atoms. The molecule has 0 spiro atoms. The van der Waals surface area contributed by atoms with E-state index in [2.05, 4.69) is 15.8 Å². The lowest BCUT2D eigenvalue weighted by atomic mass is 10.1. The Hall–Kier alpha value is -2.60. The maximum absolute atomic E-state index is 9.94. The maximum Gasteiger partial charge on any atom is 0.191 e. The third kappa shape index (κ3) is 4.70. The average Bonchev–Trinajstić information content (AvgIpc) is 2.53. The number of anilines is 1. The molecule has 0 aliphatic carbocycles. The van der Waals surface area contributed by atoms with Crippen molar-refractivity contribution in [2.45, 2.75) is 20.8 Å². The number of phenolic OH excluding ortho intramolecular Hbond substituents is 1. The Morgan fingerprint density at radius 1 is 1.25 bits per heavy atom. The van der Waals surface area contributed by atoms with Gasteiger partial charge in [-0.25, -0.2) is 0 Å². The molecule has 0 amide bonds. The van der Waals surface area contributed by atoms with E-state index >= 15 is 0 Å². The Bertz CT molecular complexity index is 740. The highest BCUT2D eigenvalue weighted by atomic mass is 32.1. The van der Waals surface area contributed by atoms with E-state index in [1.165, 1.54) is 6.21 Å². The van der Waals surface area contributed by atoms with E-state index in [4.69, 9.17) is 17.0 Å². The number of ether oxygens (including phenoxy) is 1. The van der Waals surface area contributed by atoms with E-state index in [1.54, 1.807) is 18.2 Å². The summed E-state index contributed by atoms with van der Waals surface area (Å²) in [5.74, 6) is 0.715. The van der Waals surface area contributed by atoms with E-state index < -0.39 is 0 Å². The molecule has 0 fully saturated rings. The van der Waals surface area contributed by atoms with Gasteiger partial charge in [-0.2, -0.15) is 5.10 Å². The summed E-state index contributed by atoms with van der Waals surface area (Å²) in [4.78, 5) is 0. The fraction of sp³-hybridized carbons (Fsp3) is 0.222. The Balaban J connectivity index is 1.97. The molecule has 3 N–H and O–H groups in total. The summed E-state index contributed by atoms with van der Waals surface area (Å²) in [6.07, 6.45) is 1.50. The van der Waals surface area contributed by atoms with Crippen LogP contribution in [0.4, 0.5) is 5.69 Å². The topological polar surface area (TPSA) is 65.9 Å². The van der Waals surface area contributed by atoms with Crippen molar-refractivity contribution >= 4 is 29.2 Å². The number of nitrogens with zero attached hydrogens (tertiary/aromatic N) is 1. The molecule has 0 unspecified atom stereocenters. The van der Waals surface area contributed by atoms with Crippen LogP contribution in [0.2, 0.25) is 0 Å². The van der Waals surface area contributed by atoms with Crippen molar-refractivity contribution in [2.24, 2.45) is 5.10 Å². The summed E-state index contributed by atoms with van der Waals surface area (Å²) in [7, 11) is 0. The zero-order valence-electron chi connectivity index (χ0n) is 14.0. The highest BCUT2D eigenvalue weighted by Gasteiger charge is 2.04. The van der Waals surface area contributed by atoms with Crippen molar-refractivity contribution in [1.29, 1.82) is 0 Å². The predicted molar refractivity (Wildman–Crippen MR) is 102 cm³/mol. The predicted octanol–water partition coefficient (Wildman–Crippen LogP) is 3.73. The molecule has 2 aromatic rings. The Labute approximate surface area is 147 Å². The molecule has 2 aromatic carbocycles. The van der Waals surface area contributed by atoms with Crippen molar-refractivity contribution < 1.29 is 9.84 Å². The van der Waals surface area contributed by atoms with Crippen LogP contribution in [-0.4, -0.2) is 23.0 Å². The summed E-state index contributed by atoms with van der Waals surface area (Å²) < 4.78 is 5.32. The van der Waals surface area contributed by atoms with Crippen LogP contribution in [0.5, 0.6) is 11.5 Å². The van der Waals surface area contributed by atoms with Gasteiger partial charge >= 0.3 is 0 Å². The molecule has 5 nitrogen and oxygen atoms in total. The number of thiocarbonyl (C=S) groups is 1. The average molecular weight is 343 g/mol. The molecule has 0 bridgehead atoms. The van der Waals surface area contributed by atoms with Gasteiger partial charge in [0.05, 0.1) is 12.8 Å². The number of aryl methyl sites for hydroxylation is 2. The third-order valence-electron chi connectivity index (χ3n) is 3.40. The SMILES string of the molecule is CCOc1ccc(C=NNC(=S)Nc2c(C)cccc2C)c(O)c1. The van der Waals surface area contributed by atoms with E-state index in [1.807, 2.05) is 39.0 Å². The van der Waals surface area contributed by atoms with Gasteiger partial charge in [0.25, 0.3) is 0 Å². The molecule has 0 aliphatic rings. The zero-order chi connectivity index (χ0) is 17.5. The lowest BCUT2D eigenvalue weighted by Crippen LogP contribution is -2.24. The Morgan fingerprint density at radius 3 is 2.58 bits per heavy atom. The first-order valence-electron chi connectivity index (χ1n) is 7.63. The monoisotopic (exact) mass is 343 g/mol. The number of nitrogens with one attached hydrogen (secondary N) is 2. The third-order valence-corrected chi connectivity index (χ3v) is 3.60. The van der Waals surface area contributed by atoms with Crippen LogP contribution >= 0.6 is 12.2 Å². The fourth-order valence-electron chi connectivity index (χ4n) is 2.20. The molecule has 0 radical (unpaired) electrons. The number of phenols is 1. The summed E-state index contributed by atoms with van der Waals surface area (Å²) in [6.45, 7) is 6.46. The molecule has 2 rings (SSSR count). The molecule has 0 atom stereocenters. The van der Waals surface area contributed by atoms with Crippen molar-refractivity contribution in [3.8, 4) is 11.5 Å². The lowest BCUT2D eigenvalue weighted by Gasteiger charge is -2.12. The Morgan fingerprint density at radius 2 is 1.96 bits per heavy atom. The van der Waals surface area contributed by atoms with Gasteiger partial charge in [0.1, 0.15) is 11.5 Å². The first-order valence-corrected chi connectivity index (χ1v) is 8.04. The van der Waals surface area contributed by atoms with Crippen LogP contribution < -0.4 is 15.5 Å². The lowest BCUT2D eigenvalue weighted by molar-refractivity contribution is 0.337. The summed E-state index contributed by atoms with van der Waals surface area (Å²) in [5, 5.41) is 17.5. The second-order valence-corrected chi connectivity index (χ2v) is 5.65. The minimum absolute atomic E-state index is 0.0973. The molecule has 6 heteroatoms. The highest BCUT2D eigenvalue weighted by Crippen LogP contribution is 2.22. The normalized spacial score (nSPS) is 10.6. The first-order chi connectivity index (χ1) is 11.5. The molecular weight excluding hydrogens is 322 g/mol. The van der Waals surface area contributed by atoms with Gasteiger partial charge < -0.3 is 15.2 Å². The van der Waals surface area contributed by atoms with Gasteiger partial charge in [0, 0.05) is 17.3 Å². The minimum Gasteiger partial charge on any atom is -0.507 e. The second kappa shape index (κ2) is 8.31. The highest BCUT2D eigenvalue weighted by molar-refractivity contribution is 7.80. The van der Waals surface area contributed by atoms with E-state index in [-0.39, 0.29) is 5.75 Å². The van der Waals surface area contributed by atoms with Crippen LogP contribution in [0.3, 0.4) is 0 Å². The largest absolute Gasteiger partial charge is 0.507 e. The number of rotatable bonds is 5. The summed E-state index contributed by atoms with van der Waals surface area (Å²) in [5.41, 5.74) is 6.49. The molecule has 0 saturated heterocycles. The number of para-hydroxylation sites is 1. The van der Waals surface area contributed by atoms with Crippen molar-refractivity contribution in [3.05, 3.63) is 53.1 Å². The smallest absolute Gasteiger partial charge is 0.191 e. The summed E-state index contributed by atoms with van der Waals surface area (Å²) in [6, 6.07) is 11.1. The van der Waals surface area contributed by atoms with E-state index in [9.17, 15) is 5.11 Å². The van der Waals surface area contributed by atoms with Crippen LogP contribution in [-0.2, 0) is 0 Å². The van der Waals surface area contributed by atoms with Crippen LogP contribution in [0, 0.1) is 13.8 Å². The number of aromatic hydroxyl groups is 1. The molecule has 0 aliphatic heterocycles. The van der Waals surface area contributed by atoms with Gasteiger partial charge in [-0.1, -0.05) is 18.2 Å². The number of benzene rings is 2. The van der Waals surface area contributed by atoms with Crippen molar-refractivity contribution in [2.75, 3.05) is 11.9 Å². The van der Waals surface area contributed by atoms with Crippen LogP contribution in [0.15, 0.2) is 41.5 Å². The summed E-state index contributed by atoms with van der Waals surface area (Å²) >= 11 is 5.24. The molecule has 0 aromatic heterocycles. The van der Waals surface area contributed by atoms with Crippen LogP contribution in [0.25, 0.3) is 0 Å². The second-order valence-electron chi connectivity index (χ2n) is 5.24. The molecule has 0 heterocycles. The van der Waals surface area contributed by atoms with Crippen molar-refractivity contribution in [3.63, 3.8) is 0 Å². The number of hydrogen-bond acceptors (Lipinski definition) is 4. The van der Waals surface area contributed by atoms with Gasteiger partial charge in [-0.05, 0) is 56.2 Å². The van der Waals surface area contributed by atoms with Crippen molar-refractivity contribution in [1.82, 2.24) is 5.43 Å². The molecule has 126 valence electrons. The van der Waals surface area contributed by atoms with E-state index in [0.29, 0.717) is 23.0 Å².